The van der Waals surface area contributed by atoms with Gasteiger partial charge in [0.1, 0.15) is 11.3 Å². The van der Waals surface area contributed by atoms with Crippen LogP contribution in [-0.4, -0.2) is 61.8 Å². The van der Waals surface area contributed by atoms with Crippen molar-refractivity contribution < 1.29 is 14.3 Å². The summed E-state index contributed by atoms with van der Waals surface area (Å²) in [5.74, 6) is 0.857. The van der Waals surface area contributed by atoms with Crippen molar-refractivity contribution >= 4 is 32.6 Å². The lowest BCUT2D eigenvalue weighted by atomic mass is 10.0. The Balaban J connectivity index is 1.57. The van der Waals surface area contributed by atoms with E-state index in [2.05, 4.69) is 36.9 Å². The Morgan fingerprint density at radius 3 is 2.82 bits per heavy atom. The van der Waals surface area contributed by atoms with Crippen molar-refractivity contribution in [1.82, 2.24) is 9.88 Å². The van der Waals surface area contributed by atoms with E-state index in [1.165, 1.54) is 5.56 Å². The van der Waals surface area contributed by atoms with E-state index in [1.807, 2.05) is 30.0 Å². The first-order valence-corrected chi connectivity index (χ1v) is 12.6. The number of aromatic nitrogens is 1. The fourth-order valence-corrected chi connectivity index (χ4v) is 5.18. The molecule has 0 saturated carbocycles. The molecule has 3 aromatic rings. The average Bonchev–Trinajstić information content (AvgIpc) is 3.25. The van der Waals surface area contributed by atoms with E-state index < -0.39 is 0 Å². The fourth-order valence-electron chi connectivity index (χ4n) is 4.15. The molecule has 33 heavy (non-hydrogen) atoms. The Bertz CT molecular complexity index is 1090. The number of hydrogen-bond acceptors (Lipinski definition) is 6. The topological polar surface area (TPSA) is 54.9 Å². The monoisotopic (exact) mass is 467 g/mol. The van der Waals surface area contributed by atoms with Crippen LogP contribution in [0.25, 0.3) is 10.2 Å². The number of amides is 1. The SMILES string of the molecule is CCOc1cccc2sc(N(CCCN3CCOCC3)C(=O)Cc3cc(C)ccc3C)nc12. The minimum atomic E-state index is 0.0858. The number of rotatable bonds is 9. The predicted molar refractivity (Wildman–Crippen MR) is 135 cm³/mol. The molecule has 0 atom stereocenters. The highest BCUT2D eigenvalue weighted by atomic mass is 32.1. The third kappa shape index (κ3) is 5.91. The number of anilines is 1. The Kier molecular flexibility index (Phi) is 7.96. The van der Waals surface area contributed by atoms with Gasteiger partial charge in [-0.25, -0.2) is 4.98 Å². The zero-order chi connectivity index (χ0) is 23.2. The van der Waals surface area contributed by atoms with Crippen LogP contribution in [0, 0.1) is 13.8 Å². The molecule has 0 bridgehead atoms. The van der Waals surface area contributed by atoms with Gasteiger partial charge < -0.3 is 9.47 Å². The molecule has 1 fully saturated rings. The molecule has 0 unspecified atom stereocenters. The number of aryl methyl sites for hydroxylation is 2. The van der Waals surface area contributed by atoms with Gasteiger partial charge in [-0.15, -0.1) is 0 Å². The van der Waals surface area contributed by atoms with Crippen LogP contribution in [0.4, 0.5) is 5.13 Å². The molecule has 1 aliphatic heterocycles. The Morgan fingerprint density at radius 1 is 1.21 bits per heavy atom. The molecule has 4 rings (SSSR count). The average molecular weight is 468 g/mol. The number of fused-ring (bicyclic) bond motifs is 1. The van der Waals surface area contributed by atoms with Crippen LogP contribution in [0.5, 0.6) is 5.75 Å². The van der Waals surface area contributed by atoms with Crippen LogP contribution in [0.2, 0.25) is 0 Å². The van der Waals surface area contributed by atoms with Crippen LogP contribution in [0.1, 0.15) is 30.0 Å². The van der Waals surface area contributed by atoms with E-state index in [4.69, 9.17) is 14.5 Å². The summed E-state index contributed by atoms with van der Waals surface area (Å²) in [5.41, 5.74) is 4.22. The van der Waals surface area contributed by atoms with Crippen LogP contribution >= 0.6 is 11.3 Å². The van der Waals surface area contributed by atoms with Crippen molar-refractivity contribution in [2.75, 3.05) is 50.9 Å². The molecule has 1 aliphatic rings. The van der Waals surface area contributed by atoms with Gasteiger partial charge in [-0.05, 0) is 50.5 Å². The molecular formula is C26H33N3O3S. The highest BCUT2D eigenvalue weighted by Gasteiger charge is 2.22. The quantitative estimate of drug-likeness (QED) is 0.460. The molecule has 6 nitrogen and oxygen atoms in total. The number of benzene rings is 2. The lowest BCUT2D eigenvalue weighted by molar-refractivity contribution is -0.118. The van der Waals surface area contributed by atoms with E-state index in [0.717, 1.165) is 71.5 Å². The Hall–Kier alpha value is -2.48. The summed E-state index contributed by atoms with van der Waals surface area (Å²) in [5, 5.41) is 0.745. The van der Waals surface area contributed by atoms with Crippen LogP contribution < -0.4 is 9.64 Å². The summed E-state index contributed by atoms with van der Waals surface area (Å²) in [6, 6.07) is 12.3. The second kappa shape index (κ2) is 11.1. The van der Waals surface area contributed by atoms with Gasteiger partial charge in [0.25, 0.3) is 0 Å². The summed E-state index contributed by atoms with van der Waals surface area (Å²) in [7, 11) is 0. The summed E-state index contributed by atoms with van der Waals surface area (Å²) in [6.07, 6.45) is 1.27. The molecule has 0 radical (unpaired) electrons. The van der Waals surface area contributed by atoms with Gasteiger partial charge in [0.05, 0.1) is 30.9 Å². The number of morpholine rings is 1. The number of thiazole rings is 1. The summed E-state index contributed by atoms with van der Waals surface area (Å²) in [6.45, 7) is 11.8. The Morgan fingerprint density at radius 2 is 2.03 bits per heavy atom. The van der Waals surface area contributed by atoms with Gasteiger partial charge in [-0.2, -0.15) is 0 Å². The predicted octanol–water partition coefficient (Wildman–Crippen LogP) is 4.61. The molecule has 0 N–H and O–H groups in total. The molecule has 7 heteroatoms. The number of para-hydroxylation sites is 1. The van der Waals surface area contributed by atoms with Crippen molar-refractivity contribution in [2.45, 2.75) is 33.6 Å². The van der Waals surface area contributed by atoms with E-state index in [-0.39, 0.29) is 5.91 Å². The summed E-state index contributed by atoms with van der Waals surface area (Å²) >= 11 is 1.56. The van der Waals surface area contributed by atoms with Crippen LogP contribution in [0.15, 0.2) is 36.4 Å². The minimum Gasteiger partial charge on any atom is -0.492 e. The second-order valence-electron chi connectivity index (χ2n) is 8.49. The van der Waals surface area contributed by atoms with Gasteiger partial charge >= 0.3 is 0 Å². The first-order valence-electron chi connectivity index (χ1n) is 11.7. The number of carbonyl (C=O) groups is 1. The maximum atomic E-state index is 13.6. The smallest absolute Gasteiger partial charge is 0.233 e. The number of hydrogen-bond donors (Lipinski definition) is 0. The van der Waals surface area contributed by atoms with Crippen molar-refractivity contribution in [3.63, 3.8) is 0 Å². The summed E-state index contributed by atoms with van der Waals surface area (Å²) in [4.78, 5) is 22.7. The molecule has 2 aromatic carbocycles. The standard InChI is InChI=1S/C26H33N3O3S/c1-4-32-22-7-5-8-23-25(22)27-26(33-23)29(12-6-11-28-13-15-31-16-14-28)24(30)18-21-17-19(2)9-10-20(21)3/h5,7-10,17H,4,6,11-16,18H2,1-3H3. The Labute approximate surface area is 200 Å². The molecule has 2 heterocycles. The number of ether oxygens (including phenoxy) is 2. The molecule has 1 amide bonds. The van der Waals surface area contributed by atoms with E-state index >= 15 is 0 Å². The zero-order valence-corrected chi connectivity index (χ0v) is 20.6. The minimum absolute atomic E-state index is 0.0858. The highest BCUT2D eigenvalue weighted by molar-refractivity contribution is 7.22. The van der Waals surface area contributed by atoms with Crippen LogP contribution in [-0.2, 0) is 16.0 Å². The second-order valence-corrected chi connectivity index (χ2v) is 9.50. The first kappa shape index (κ1) is 23.7. The maximum absolute atomic E-state index is 13.6. The third-order valence-corrected chi connectivity index (χ3v) is 7.05. The molecule has 1 aromatic heterocycles. The lowest BCUT2D eigenvalue weighted by Crippen LogP contribution is -2.39. The van der Waals surface area contributed by atoms with Gasteiger partial charge in [0, 0.05) is 26.2 Å². The van der Waals surface area contributed by atoms with Gasteiger partial charge in [-0.3, -0.25) is 14.6 Å². The third-order valence-electron chi connectivity index (χ3n) is 6.01. The van der Waals surface area contributed by atoms with Crippen molar-refractivity contribution in [3.05, 3.63) is 53.1 Å². The van der Waals surface area contributed by atoms with E-state index in [9.17, 15) is 4.79 Å². The zero-order valence-electron chi connectivity index (χ0n) is 19.8. The normalized spacial score (nSPS) is 14.5. The van der Waals surface area contributed by atoms with Crippen LogP contribution in [0.3, 0.4) is 0 Å². The van der Waals surface area contributed by atoms with Gasteiger partial charge in [-0.1, -0.05) is 41.2 Å². The molecular weight excluding hydrogens is 434 g/mol. The maximum Gasteiger partial charge on any atom is 0.233 e. The highest BCUT2D eigenvalue weighted by Crippen LogP contribution is 2.34. The molecule has 1 saturated heterocycles. The van der Waals surface area contributed by atoms with Gasteiger partial charge in [0.2, 0.25) is 5.91 Å². The molecule has 0 spiro atoms. The number of carbonyl (C=O) groups excluding carboxylic acids is 1. The van der Waals surface area contributed by atoms with Crippen molar-refractivity contribution in [3.8, 4) is 5.75 Å². The summed E-state index contributed by atoms with van der Waals surface area (Å²) < 4.78 is 12.3. The van der Waals surface area contributed by atoms with Gasteiger partial charge in [0.15, 0.2) is 5.13 Å². The number of nitrogens with zero attached hydrogens (tertiary/aromatic N) is 3. The lowest BCUT2D eigenvalue weighted by Gasteiger charge is -2.27. The van der Waals surface area contributed by atoms with E-state index in [1.54, 1.807) is 11.3 Å². The van der Waals surface area contributed by atoms with E-state index in [0.29, 0.717) is 19.6 Å². The molecule has 176 valence electrons. The first-order chi connectivity index (χ1) is 16.0. The van der Waals surface area contributed by atoms with Crippen molar-refractivity contribution in [2.24, 2.45) is 0 Å². The fraction of sp³-hybridized carbons (Fsp3) is 0.462. The van der Waals surface area contributed by atoms with Crippen molar-refractivity contribution in [1.29, 1.82) is 0 Å². The largest absolute Gasteiger partial charge is 0.492 e. The molecule has 0 aliphatic carbocycles.